The van der Waals surface area contributed by atoms with Crippen molar-refractivity contribution in [2.45, 2.75) is 19.8 Å². The van der Waals surface area contributed by atoms with Gasteiger partial charge in [0.1, 0.15) is 18.4 Å². The molecule has 2 amide bonds. The third kappa shape index (κ3) is 4.11. The molecule has 3 rings (SSSR count). The summed E-state index contributed by atoms with van der Waals surface area (Å²) < 4.78 is 10.4. The van der Waals surface area contributed by atoms with Crippen LogP contribution in [0, 0.1) is 0 Å². The van der Waals surface area contributed by atoms with E-state index < -0.39 is 23.7 Å². The molecule has 0 bridgehead atoms. The number of carbonyl (C=O) groups excluding carboxylic acids is 3. The molecule has 0 unspecified atom stereocenters. The van der Waals surface area contributed by atoms with Crippen LogP contribution in [-0.4, -0.2) is 35.2 Å². The van der Waals surface area contributed by atoms with Gasteiger partial charge < -0.3 is 9.15 Å². The van der Waals surface area contributed by atoms with Crippen molar-refractivity contribution in [2.75, 3.05) is 13.2 Å². The third-order valence-electron chi connectivity index (χ3n) is 3.92. The van der Waals surface area contributed by atoms with Gasteiger partial charge >= 0.3 is 5.97 Å². The van der Waals surface area contributed by atoms with Gasteiger partial charge in [-0.15, -0.1) is 0 Å². The summed E-state index contributed by atoms with van der Waals surface area (Å²) >= 11 is 0.671. The number of benzene rings is 1. The van der Waals surface area contributed by atoms with Gasteiger partial charge in [-0.05, 0) is 36.4 Å². The Morgan fingerprint density at radius 2 is 2.04 bits per heavy atom. The highest BCUT2D eigenvalue weighted by molar-refractivity contribution is 8.18. The van der Waals surface area contributed by atoms with Gasteiger partial charge in [-0.25, -0.2) is 0 Å². The van der Waals surface area contributed by atoms with Crippen LogP contribution in [0.25, 0.3) is 17.0 Å². The lowest BCUT2D eigenvalue weighted by atomic mass is 10.1. The Balaban J connectivity index is 1.79. The van der Waals surface area contributed by atoms with Crippen molar-refractivity contribution >= 4 is 45.9 Å². The van der Waals surface area contributed by atoms with E-state index in [4.69, 9.17) is 9.15 Å². The molecule has 0 aliphatic carbocycles. The van der Waals surface area contributed by atoms with E-state index in [0.29, 0.717) is 29.2 Å². The SMILES string of the molecule is CCCCOC(=O)CN1C(=O)S/C(=C\c2coc3ccccc3c2=O)C1=O. The second-order valence-electron chi connectivity index (χ2n) is 5.86. The Labute approximate surface area is 159 Å². The molecule has 140 valence electrons. The molecule has 2 aromatic rings. The predicted octanol–water partition coefficient (Wildman–Crippen LogP) is 3.17. The molecule has 0 radical (unpaired) electrons. The van der Waals surface area contributed by atoms with Crippen LogP contribution in [0.5, 0.6) is 0 Å². The minimum Gasteiger partial charge on any atom is -0.464 e. The molecule has 8 heteroatoms. The van der Waals surface area contributed by atoms with E-state index in [9.17, 15) is 19.2 Å². The molecule has 0 atom stereocenters. The van der Waals surface area contributed by atoms with Crippen LogP contribution in [0.1, 0.15) is 25.3 Å². The summed E-state index contributed by atoms with van der Waals surface area (Å²) in [5, 5.41) is -0.200. The smallest absolute Gasteiger partial charge is 0.326 e. The Kier molecular flexibility index (Phi) is 5.75. The van der Waals surface area contributed by atoms with Crippen molar-refractivity contribution in [3.63, 3.8) is 0 Å². The molecule has 1 fully saturated rings. The second kappa shape index (κ2) is 8.22. The van der Waals surface area contributed by atoms with Crippen molar-refractivity contribution in [1.82, 2.24) is 4.90 Å². The Morgan fingerprint density at radius 3 is 2.81 bits per heavy atom. The maximum absolute atomic E-state index is 12.5. The third-order valence-corrected chi connectivity index (χ3v) is 4.82. The number of fused-ring (bicyclic) bond motifs is 1. The van der Waals surface area contributed by atoms with Crippen LogP contribution in [-0.2, 0) is 14.3 Å². The van der Waals surface area contributed by atoms with Crippen LogP contribution in [0.4, 0.5) is 4.79 Å². The van der Waals surface area contributed by atoms with Crippen LogP contribution in [0.3, 0.4) is 0 Å². The number of rotatable bonds is 6. The van der Waals surface area contributed by atoms with Crippen LogP contribution < -0.4 is 5.43 Å². The summed E-state index contributed by atoms with van der Waals surface area (Å²) in [5.74, 6) is -1.28. The number of amides is 2. The number of esters is 1. The lowest BCUT2D eigenvalue weighted by Crippen LogP contribution is -2.34. The van der Waals surface area contributed by atoms with E-state index in [2.05, 4.69) is 0 Å². The molecular weight excluding hydrogens is 370 g/mol. The lowest BCUT2D eigenvalue weighted by Gasteiger charge is -2.11. The summed E-state index contributed by atoms with van der Waals surface area (Å²) in [6.07, 6.45) is 4.14. The number of ether oxygens (including phenoxy) is 1. The number of thioether (sulfide) groups is 1. The molecule has 27 heavy (non-hydrogen) atoms. The average Bonchev–Trinajstić information content (AvgIpc) is 2.92. The number of imide groups is 1. The van der Waals surface area contributed by atoms with Gasteiger partial charge in [0.25, 0.3) is 11.1 Å². The van der Waals surface area contributed by atoms with Crippen LogP contribution in [0.15, 0.2) is 44.6 Å². The average molecular weight is 387 g/mol. The van der Waals surface area contributed by atoms with Gasteiger partial charge in [-0.2, -0.15) is 0 Å². The topological polar surface area (TPSA) is 93.9 Å². The zero-order valence-electron chi connectivity index (χ0n) is 14.6. The van der Waals surface area contributed by atoms with Crippen LogP contribution in [0.2, 0.25) is 0 Å². The van der Waals surface area contributed by atoms with Gasteiger partial charge in [-0.1, -0.05) is 25.5 Å². The maximum atomic E-state index is 12.5. The number of hydrogen-bond donors (Lipinski definition) is 0. The molecule has 0 N–H and O–H groups in total. The highest BCUT2D eigenvalue weighted by Gasteiger charge is 2.36. The monoisotopic (exact) mass is 387 g/mol. The van der Waals surface area contributed by atoms with Crippen molar-refractivity contribution in [3.05, 3.63) is 51.2 Å². The molecule has 2 heterocycles. The van der Waals surface area contributed by atoms with Crippen molar-refractivity contribution in [1.29, 1.82) is 0 Å². The number of unbranched alkanes of at least 4 members (excludes halogenated alkanes) is 1. The fraction of sp³-hybridized carbons (Fsp3) is 0.263. The van der Waals surface area contributed by atoms with E-state index >= 15 is 0 Å². The molecule has 1 aliphatic heterocycles. The number of nitrogens with zero attached hydrogens (tertiary/aromatic N) is 1. The molecule has 1 aromatic carbocycles. The fourth-order valence-electron chi connectivity index (χ4n) is 2.48. The summed E-state index contributed by atoms with van der Waals surface area (Å²) in [6.45, 7) is 1.76. The normalized spacial score (nSPS) is 15.7. The summed E-state index contributed by atoms with van der Waals surface area (Å²) in [5.41, 5.74) is 0.287. The molecule has 1 aliphatic rings. The molecule has 7 nitrogen and oxygen atoms in total. The zero-order chi connectivity index (χ0) is 19.4. The van der Waals surface area contributed by atoms with Gasteiger partial charge in [0.05, 0.1) is 22.5 Å². The summed E-state index contributed by atoms with van der Waals surface area (Å²) in [7, 11) is 0. The Bertz CT molecular complexity index is 993. The summed E-state index contributed by atoms with van der Waals surface area (Å²) in [4.78, 5) is 49.7. The highest BCUT2D eigenvalue weighted by Crippen LogP contribution is 2.31. The predicted molar refractivity (Wildman–Crippen MR) is 101 cm³/mol. The van der Waals surface area contributed by atoms with E-state index in [0.717, 1.165) is 11.3 Å². The quantitative estimate of drug-likeness (QED) is 0.427. The molecular formula is C19H17NO6S. The first-order chi connectivity index (χ1) is 13.0. The highest BCUT2D eigenvalue weighted by atomic mass is 32.2. The van der Waals surface area contributed by atoms with E-state index in [1.165, 1.54) is 12.3 Å². The molecule has 1 aromatic heterocycles. The van der Waals surface area contributed by atoms with Crippen LogP contribution >= 0.6 is 11.8 Å². The zero-order valence-corrected chi connectivity index (χ0v) is 15.4. The standard InChI is InChI=1S/C19H17NO6S/c1-2-3-8-25-16(21)10-20-18(23)15(27-19(20)24)9-12-11-26-14-7-5-4-6-13(14)17(12)22/h4-7,9,11H,2-3,8,10H2,1H3/b15-9-. The first-order valence-electron chi connectivity index (χ1n) is 8.42. The molecule has 0 saturated carbocycles. The van der Waals surface area contributed by atoms with Gasteiger partial charge in [0.2, 0.25) is 0 Å². The number of para-hydroxylation sites is 1. The minimum absolute atomic E-state index is 0.0592. The lowest BCUT2D eigenvalue weighted by molar-refractivity contribution is -0.146. The van der Waals surface area contributed by atoms with Crippen molar-refractivity contribution < 1.29 is 23.5 Å². The Hall–Kier alpha value is -2.87. The van der Waals surface area contributed by atoms with E-state index in [1.54, 1.807) is 24.3 Å². The first kappa shape index (κ1) is 18.9. The minimum atomic E-state index is -0.641. The van der Waals surface area contributed by atoms with Crippen molar-refractivity contribution in [3.8, 4) is 0 Å². The maximum Gasteiger partial charge on any atom is 0.326 e. The van der Waals surface area contributed by atoms with Crippen molar-refractivity contribution in [2.24, 2.45) is 0 Å². The number of hydrogen-bond acceptors (Lipinski definition) is 7. The summed E-state index contributed by atoms with van der Waals surface area (Å²) in [6, 6.07) is 6.74. The Morgan fingerprint density at radius 1 is 1.26 bits per heavy atom. The van der Waals surface area contributed by atoms with Gasteiger partial charge in [-0.3, -0.25) is 24.1 Å². The van der Waals surface area contributed by atoms with Gasteiger partial charge in [0.15, 0.2) is 5.43 Å². The first-order valence-corrected chi connectivity index (χ1v) is 9.24. The van der Waals surface area contributed by atoms with Gasteiger partial charge in [0, 0.05) is 0 Å². The molecule has 1 saturated heterocycles. The fourth-order valence-corrected chi connectivity index (χ4v) is 3.30. The largest absolute Gasteiger partial charge is 0.464 e. The van der Waals surface area contributed by atoms with E-state index in [-0.39, 0.29) is 22.5 Å². The molecule has 0 spiro atoms. The number of carbonyl (C=O) groups is 3. The second-order valence-corrected chi connectivity index (χ2v) is 6.85. The van der Waals surface area contributed by atoms with E-state index in [1.807, 2.05) is 6.92 Å².